The molecule has 1 aromatic heterocycles. The Morgan fingerprint density at radius 3 is 2.88 bits per heavy atom. The van der Waals surface area contributed by atoms with Gasteiger partial charge in [-0.15, -0.1) is 0 Å². The summed E-state index contributed by atoms with van der Waals surface area (Å²) < 4.78 is 11.2. The van der Waals surface area contributed by atoms with Gasteiger partial charge in [-0.2, -0.15) is 10.2 Å². The van der Waals surface area contributed by atoms with E-state index < -0.39 is 5.97 Å². The molecule has 176 valence electrons. The van der Waals surface area contributed by atoms with E-state index in [9.17, 15) is 10.1 Å². The topological polar surface area (TPSA) is 112 Å². The first-order chi connectivity index (χ1) is 16.4. The molecule has 0 amide bonds. The predicted molar refractivity (Wildman–Crippen MR) is 126 cm³/mol. The average molecular weight is 461 g/mol. The van der Waals surface area contributed by atoms with Gasteiger partial charge in [0, 0.05) is 30.6 Å². The molecule has 34 heavy (non-hydrogen) atoms. The molecule has 0 unspecified atom stereocenters. The molecule has 1 aliphatic rings. The number of hydrogen-bond donors (Lipinski definition) is 1. The summed E-state index contributed by atoms with van der Waals surface area (Å²) in [6, 6.07) is 11.6. The van der Waals surface area contributed by atoms with Gasteiger partial charge in [-0.3, -0.25) is 9.69 Å². The monoisotopic (exact) mass is 460 g/mol. The van der Waals surface area contributed by atoms with Gasteiger partial charge in [-0.1, -0.05) is 17.3 Å². The van der Waals surface area contributed by atoms with Crippen LogP contribution in [-0.2, 0) is 17.8 Å². The van der Waals surface area contributed by atoms with Crippen LogP contribution in [0.1, 0.15) is 48.9 Å². The van der Waals surface area contributed by atoms with Crippen LogP contribution in [0, 0.1) is 18.3 Å². The number of carbonyl (C=O) groups is 1. The van der Waals surface area contributed by atoms with Crippen LogP contribution >= 0.6 is 0 Å². The van der Waals surface area contributed by atoms with Crippen LogP contribution in [0.15, 0.2) is 34.9 Å². The number of carboxylic acid groups (broad SMARTS) is 1. The Labute approximate surface area is 198 Å². The van der Waals surface area contributed by atoms with E-state index in [1.165, 1.54) is 11.1 Å². The fourth-order valence-electron chi connectivity index (χ4n) is 4.34. The zero-order valence-electron chi connectivity index (χ0n) is 19.7. The molecule has 4 rings (SSSR count). The fraction of sp³-hybridized carbons (Fsp3) is 0.385. The van der Waals surface area contributed by atoms with E-state index >= 15 is 0 Å². The van der Waals surface area contributed by atoms with Crippen LogP contribution in [0.4, 0.5) is 0 Å². The summed E-state index contributed by atoms with van der Waals surface area (Å²) in [6.45, 7) is 8.41. The molecule has 1 N–H and O–H groups in total. The number of nitrogens with zero attached hydrogens (tertiary/aromatic N) is 4. The first-order valence-electron chi connectivity index (χ1n) is 11.5. The average Bonchev–Trinajstić information content (AvgIpc) is 3.29. The Kier molecular flexibility index (Phi) is 6.94. The molecule has 8 nitrogen and oxygen atoms in total. The maximum Gasteiger partial charge on any atom is 0.303 e. The van der Waals surface area contributed by atoms with Gasteiger partial charge >= 0.3 is 5.97 Å². The summed E-state index contributed by atoms with van der Waals surface area (Å²) in [6.07, 6.45) is 1.73. The van der Waals surface area contributed by atoms with Crippen molar-refractivity contribution in [3.8, 4) is 34.7 Å². The number of rotatable bonds is 8. The molecular formula is C26H28N4O4. The van der Waals surface area contributed by atoms with E-state index in [4.69, 9.17) is 14.4 Å². The van der Waals surface area contributed by atoms with E-state index in [1.807, 2.05) is 26.0 Å². The molecule has 0 fully saturated rings. The van der Waals surface area contributed by atoms with Crippen molar-refractivity contribution in [1.29, 1.82) is 5.26 Å². The number of fused-ring (bicyclic) bond motifs is 1. The largest absolute Gasteiger partial charge is 0.490 e. The van der Waals surface area contributed by atoms with Crippen molar-refractivity contribution >= 4 is 5.97 Å². The van der Waals surface area contributed by atoms with Gasteiger partial charge < -0.3 is 14.4 Å². The molecule has 0 aliphatic carbocycles. The Hall–Kier alpha value is -3.70. The van der Waals surface area contributed by atoms with E-state index in [0.29, 0.717) is 35.0 Å². The number of aromatic nitrogens is 2. The molecular weight excluding hydrogens is 432 g/mol. The maximum atomic E-state index is 10.8. The van der Waals surface area contributed by atoms with Crippen molar-refractivity contribution in [3.63, 3.8) is 0 Å². The Morgan fingerprint density at radius 1 is 1.32 bits per heavy atom. The standard InChI is InChI=1S/C26H28N4O4/c1-16(2)33-23-9-7-18(13-20(23)14-27)26-28-25(29-34-26)22-8-6-19-15-30(11-4-5-24(31)32)12-10-21(19)17(22)3/h6-9,13,16H,4-5,10-12,15H2,1-3H3,(H,31,32). The molecule has 0 saturated carbocycles. The lowest BCUT2D eigenvalue weighted by Gasteiger charge is -2.30. The van der Waals surface area contributed by atoms with Crippen molar-refractivity contribution in [3.05, 3.63) is 52.6 Å². The summed E-state index contributed by atoms with van der Waals surface area (Å²) in [7, 11) is 0. The molecule has 3 aromatic rings. The SMILES string of the molecule is Cc1c(-c2noc(-c3ccc(OC(C)C)c(C#N)c3)n2)ccc2c1CCN(CCCC(=O)O)C2. The zero-order valence-corrected chi connectivity index (χ0v) is 19.7. The molecule has 0 atom stereocenters. The summed E-state index contributed by atoms with van der Waals surface area (Å²) in [4.78, 5) is 17.7. The van der Waals surface area contributed by atoms with E-state index in [2.05, 4.69) is 34.1 Å². The quantitative estimate of drug-likeness (QED) is 0.519. The van der Waals surface area contributed by atoms with Crippen LogP contribution < -0.4 is 4.74 Å². The third-order valence-electron chi connectivity index (χ3n) is 6.01. The third-order valence-corrected chi connectivity index (χ3v) is 6.01. The minimum atomic E-state index is -0.749. The summed E-state index contributed by atoms with van der Waals surface area (Å²) in [5.41, 5.74) is 5.69. The number of ether oxygens (including phenoxy) is 1. The van der Waals surface area contributed by atoms with E-state index in [1.54, 1.807) is 12.1 Å². The van der Waals surface area contributed by atoms with Gasteiger partial charge in [0.05, 0.1) is 11.7 Å². The molecule has 8 heteroatoms. The van der Waals surface area contributed by atoms with Gasteiger partial charge in [-0.05, 0) is 75.0 Å². The zero-order chi connectivity index (χ0) is 24.2. The minimum Gasteiger partial charge on any atom is -0.490 e. The highest BCUT2D eigenvalue weighted by molar-refractivity contribution is 5.67. The summed E-state index contributed by atoms with van der Waals surface area (Å²) in [5, 5.41) is 22.6. The number of carboxylic acids is 1. The lowest BCUT2D eigenvalue weighted by molar-refractivity contribution is -0.137. The van der Waals surface area contributed by atoms with Crippen molar-refractivity contribution < 1.29 is 19.2 Å². The second-order valence-electron chi connectivity index (χ2n) is 8.81. The number of benzene rings is 2. The Balaban J connectivity index is 1.54. The number of aliphatic carboxylic acids is 1. The highest BCUT2D eigenvalue weighted by atomic mass is 16.5. The van der Waals surface area contributed by atoms with Crippen LogP contribution in [0.2, 0.25) is 0 Å². The lowest BCUT2D eigenvalue weighted by atomic mass is 9.91. The third kappa shape index (κ3) is 5.10. The van der Waals surface area contributed by atoms with Gasteiger partial charge in [0.2, 0.25) is 5.82 Å². The lowest BCUT2D eigenvalue weighted by Crippen LogP contribution is -2.32. The van der Waals surface area contributed by atoms with Crippen molar-refractivity contribution in [2.45, 2.75) is 52.7 Å². The molecule has 1 aliphatic heterocycles. The van der Waals surface area contributed by atoms with Crippen LogP contribution in [0.5, 0.6) is 5.75 Å². The Bertz CT molecular complexity index is 1240. The van der Waals surface area contributed by atoms with E-state index in [-0.39, 0.29) is 12.5 Å². The van der Waals surface area contributed by atoms with Gasteiger partial charge in [0.1, 0.15) is 11.8 Å². The first-order valence-corrected chi connectivity index (χ1v) is 11.5. The van der Waals surface area contributed by atoms with Gasteiger partial charge in [0.25, 0.3) is 5.89 Å². The summed E-state index contributed by atoms with van der Waals surface area (Å²) >= 11 is 0. The van der Waals surface area contributed by atoms with Gasteiger partial charge in [-0.25, -0.2) is 0 Å². The normalized spacial score (nSPS) is 13.5. The number of nitriles is 1. The van der Waals surface area contributed by atoms with Crippen LogP contribution in [0.3, 0.4) is 0 Å². The van der Waals surface area contributed by atoms with Gasteiger partial charge in [0.15, 0.2) is 0 Å². The van der Waals surface area contributed by atoms with Crippen LogP contribution in [-0.4, -0.2) is 45.3 Å². The summed E-state index contributed by atoms with van der Waals surface area (Å²) in [5.74, 6) is 0.647. The second kappa shape index (κ2) is 10.1. The molecule has 0 saturated heterocycles. The number of hydrogen-bond acceptors (Lipinski definition) is 7. The molecule has 0 radical (unpaired) electrons. The molecule has 0 spiro atoms. The molecule has 2 heterocycles. The fourth-order valence-corrected chi connectivity index (χ4v) is 4.34. The van der Waals surface area contributed by atoms with E-state index in [0.717, 1.165) is 37.2 Å². The van der Waals surface area contributed by atoms with Crippen LogP contribution in [0.25, 0.3) is 22.8 Å². The second-order valence-corrected chi connectivity index (χ2v) is 8.81. The maximum absolute atomic E-state index is 10.8. The molecule has 2 aromatic carbocycles. The highest BCUT2D eigenvalue weighted by Gasteiger charge is 2.22. The van der Waals surface area contributed by atoms with Crippen molar-refractivity contribution in [2.24, 2.45) is 0 Å². The first kappa shape index (κ1) is 23.5. The predicted octanol–water partition coefficient (Wildman–Crippen LogP) is 4.59. The molecule has 0 bridgehead atoms. The van der Waals surface area contributed by atoms with Crippen molar-refractivity contribution in [1.82, 2.24) is 15.0 Å². The Morgan fingerprint density at radius 2 is 2.15 bits per heavy atom. The minimum absolute atomic E-state index is 0.0308. The van der Waals surface area contributed by atoms with Crippen molar-refractivity contribution in [2.75, 3.05) is 13.1 Å². The smallest absolute Gasteiger partial charge is 0.303 e. The highest BCUT2D eigenvalue weighted by Crippen LogP contribution is 2.32.